The van der Waals surface area contributed by atoms with Crippen LogP contribution >= 0.6 is 0 Å². The number of nitro benzene ring substituents is 1. The molecule has 2 aromatic carbocycles. The number of hydrogen-bond acceptors (Lipinski definition) is 7. The molecular formula is C24H26N4O5. The molecule has 33 heavy (non-hydrogen) atoms. The van der Waals surface area contributed by atoms with Gasteiger partial charge in [-0.05, 0) is 42.3 Å². The van der Waals surface area contributed by atoms with Crippen molar-refractivity contribution in [3.05, 3.63) is 76.7 Å². The average Bonchev–Trinajstić information content (AvgIpc) is 3.35. The number of anilines is 2. The second kappa shape index (κ2) is 10.2. The van der Waals surface area contributed by atoms with E-state index in [0.29, 0.717) is 25.4 Å². The number of ether oxygens (including phenoxy) is 1. The zero-order chi connectivity index (χ0) is 23.2. The molecule has 0 unspecified atom stereocenters. The van der Waals surface area contributed by atoms with E-state index in [-0.39, 0.29) is 11.8 Å². The summed E-state index contributed by atoms with van der Waals surface area (Å²) in [4.78, 5) is 27.2. The van der Waals surface area contributed by atoms with E-state index >= 15 is 0 Å². The molecule has 4 rings (SSSR count). The number of amides is 1. The summed E-state index contributed by atoms with van der Waals surface area (Å²) >= 11 is 0. The molecule has 2 heterocycles. The molecule has 3 aromatic rings. The molecule has 1 N–H and O–H groups in total. The van der Waals surface area contributed by atoms with Gasteiger partial charge in [-0.1, -0.05) is 18.2 Å². The summed E-state index contributed by atoms with van der Waals surface area (Å²) < 4.78 is 10.2. The lowest BCUT2D eigenvalue weighted by Crippen LogP contribution is -2.48. The minimum absolute atomic E-state index is 0.00538. The summed E-state index contributed by atoms with van der Waals surface area (Å²) in [5.74, 6) is 0. The van der Waals surface area contributed by atoms with Crippen LogP contribution < -0.4 is 5.32 Å². The van der Waals surface area contributed by atoms with Crippen molar-refractivity contribution in [3.63, 3.8) is 0 Å². The first-order chi connectivity index (χ1) is 16.0. The fraction of sp³-hybridized carbons (Fsp3) is 0.292. The second-order valence-electron chi connectivity index (χ2n) is 7.79. The standard InChI is InChI=1S/C24H26N4O5/c1-2-33-24(29)27-11-9-26(10-12-27)16-18-4-3-5-21(14-18)25-22-7-6-19(15-23(22)28(30)31)20-8-13-32-17-20/h3-8,13-15,17,25H,2,9-12,16H2,1H3. The number of piperazine rings is 1. The quantitative estimate of drug-likeness (QED) is 0.405. The molecule has 1 saturated heterocycles. The van der Waals surface area contributed by atoms with E-state index in [1.165, 1.54) is 6.26 Å². The third kappa shape index (κ3) is 5.50. The Kier molecular flexibility index (Phi) is 6.89. The van der Waals surface area contributed by atoms with Crippen LogP contribution in [-0.2, 0) is 11.3 Å². The number of furan rings is 1. The summed E-state index contributed by atoms with van der Waals surface area (Å²) in [7, 11) is 0. The SMILES string of the molecule is CCOC(=O)N1CCN(Cc2cccc(Nc3ccc(-c4ccoc4)cc3[N+](=O)[O-])c2)CC1. The van der Waals surface area contributed by atoms with Crippen molar-refractivity contribution in [1.29, 1.82) is 0 Å². The van der Waals surface area contributed by atoms with Crippen LogP contribution in [0.4, 0.5) is 21.9 Å². The number of nitro groups is 1. The number of carbonyl (C=O) groups is 1. The molecule has 1 amide bonds. The Morgan fingerprint density at radius 2 is 1.94 bits per heavy atom. The minimum Gasteiger partial charge on any atom is -0.472 e. The lowest BCUT2D eigenvalue weighted by Gasteiger charge is -2.34. The van der Waals surface area contributed by atoms with Crippen molar-refractivity contribution >= 4 is 23.2 Å². The molecule has 0 atom stereocenters. The van der Waals surface area contributed by atoms with Gasteiger partial charge in [0.15, 0.2) is 0 Å². The van der Waals surface area contributed by atoms with Crippen LogP contribution in [0.2, 0.25) is 0 Å². The van der Waals surface area contributed by atoms with Gasteiger partial charge >= 0.3 is 6.09 Å². The van der Waals surface area contributed by atoms with E-state index in [1.807, 2.05) is 30.3 Å². The Hall–Kier alpha value is -3.85. The van der Waals surface area contributed by atoms with Gasteiger partial charge in [-0.2, -0.15) is 0 Å². The minimum atomic E-state index is -0.390. The Labute approximate surface area is 191 Å². The van der Waals surface area contributed by atoms with Crippen molar-refractivity contribution < 1.29 is 18.9 Å². The Morgan fingerprint density at radius 3 is 2.64 bits per heavy atom. The normalized spacial score (nSPS) is 14.2. The summed E-state index contributed by atoms with van der Waals surface area (Å²) in [6.07, 6.45) is 2.83. The second-order valence-corrected chi connectivity index (χ2v) is 7.79. The monoisotopic (exact) mass is 450 g/mol. The third-order valence-electron chi connectivity index (χ3n) is 5.56. The molecule has 9 heteroatoms. The predicted molar refractivity (Wildman–Crippen MR) is 124 cm³/mol. The van der Waals surface area contributed by atoms with Crippen LogP contribution in [0.1, 0.15) is 12.5 Å². The smallest absolute Gasteiger partial charge is 0.409 e. The Balaban J connectivity index is 1.42. The van der Waals surface area contributed by atoms with Crippen molar-refractivity contribution in [2.45, 2.75) is 13.5 Å². The van der Waals surface area contributed by atoms with Gasteiger partial charge in [0.05, 0.1) is 24.1 Å². The first kappa shape index (κ1) is 22.3. The number of nitrogens with one attached hydrogen (secondary N) is 1. The number of nitrogens with zero attached hydrogens (tertiary/aromatic N) is 3. The van der Waals surface area contributed by atoms with E-state index < -0.39 is 4.92 Å². The number of rotatable bonds is 7. The van der Waals surface area contributed by atoms with E-state index in [9.17, 15) is 14.9 Å². The molecule has 0 bridgehead atoms. The van der Waals surface area contributed by atoms with Gasteiger partial charge in [0.1, 0.15) is 5.69 Å². The average molecular weight is 450 g/mol. The van der Waals surface area contributed by atoms with Crippen LogP contribution in [0, 0.1) is 10.1 Å². The molecular weight excluding hydrogens is 424 g/mol. The molecule has 1 fully saturated rings. The number of benzene rings is 2. The Bertz CT molecular complexity index is 1110. The summed E-state index contributed by atoms with van der Waals surface area (Å²) in [5, 5.41) is 14.9. The molecule has 0 aliphatic carbocycles. The topological polar surface area (TPSA) is 101 Å². The Morgan fingerprint density at radius 1 is 1.12 bits per heavy atom. The summed E-state index contributed by atoms with van der Waals surface area (Å²) in [6, 6.07) is 14.7. The van der Waals surface area contributed by atoms with E-state index in [4.69, 9.17) is 9.15 Å². The maximum absolute atomic E-state index is 11.9. The van der Waals surface area contributed by atoms with Gasteiger partial charge in [-0.15, -0.1) is 0 Å². The summed E-state index contributed by atoms with van der Waals surface area (Å²) in [5.41, 5.74) is 3.78. The molecule has 1 aliphatic heterocycles. The molecule has 172 valence electrons. The summed E-state index contributed by atoms with van der Waals surface area (Å²) in [6.45, 7) is 5.70. The van der Waals surface area contributed by atoms with Crippen molar-refractivity contribution in [3.8, 4) is 11.1 Å². The van der Waals surface area contributed by atoms with Crippen molar-refractivity contribution in [2.24, 2.45) is 0 Å². The van der Waals surface area contributed by atoms with E-state index in [1.54, 1.807) is 36.3 Å². The molecule has 9 nitrogen and oxygen atoms in total. The first-order valence-electron chi connectivity index (χ1n) is 10.8. The van der Waals surface area contributed by atoms with Crippen LogP contribution in [-0.4, -0.2) is 53.6 Å². The van der Waals surface area contributed by atoms with Gasteiger partial charge < -0.3 is 19.4 Å². The fourth-order valence-electron chi connectivity index (χ4n) is 3.86. The van der Waals surface area contributed by atoms with Crippen molar-refractivity contribution in [2.75, 3.05) is 38.1 Å². The molecule has 1 aromatic heterocycles. The zero-order valence-corrected chi connectivity index (χ0v) is 18.4. The number of hydrogen-bond donors (Lipinski definition) is 1. The molecule has 0 radical (unpaired) electrons. The van der Waals surface area contributed by atoms with Gasteiger partial charge in [0, 0.05) is 50.0 Å². The van der Waals surface area contributed by atoms with Gasteiger partial charge in [0.25, 0.3) is 5.69 Å². The fourth-order valence-corrected chi connectivity index (χ4v) is 3.86. The van der Waals surface area contributed by atoms with Gasteiger partial charge in [0.2, 0.25) is 0 Å². The van der Waals surface area contributed by atoms with Crippen LogP contribution in [0.15, 0.2) is 65.5 Å². The lowest BCUT2D eigenvalue weighted by molar-refractivity contribution is -0.383. The van der Waals surface area contributed by atoms with Crippen LogP contribution in [0.3, 0.4) is 0 Å². The predicted octanol–water partition coefficient (Wildman–Crippen LogP) is 4.87. The van der Waals surface area contributed by atoms with Crippen LogP contribution in [0.25, 0.3) is 11.1 Å². The largest absolute Gasteiger partial charge is 0.472 e. The highest BCUT2D eigenvalue weighted by molar-refractivity contribution is 5.76. The van der Waals surface area contributed by atoms with Gasteiger partial charge in [-0.25, -0.2) is 4.79 Å². The van der Waals surface area contributed by atoms with E-state index in [0.717, 1.165) is 42.0 Å². The lowest BCUT2D eigenvalue weighted by atomic mass is 10.1. The molecule has 1 aliphatic rings. The molecule has 0 spiro atoms. The number of carbonyl (C=O) groups excluding carboxylic acids is 1. The van der Waals surface area contributed by atoms with Gasteiger partial charge in [-0.3, -0.25) is 15.0 Å². The maximum atomic E-state index is 11.9. The highest BCUT2D eigenvalue weighted by Gasteiger charge is 2.22. The zero-order valence-electron chi connectivity index (χ0n) is 18.4. The molecule has 0 saturated carbocycles. The third-order valence-corrected chi connectivity index (χ3v) is 5.56. The van der Waals surface area contributed by atoms with Crippen molar-refractivity contribution in [1.82, 2.24) is 9.80 Å². The first-order valence-corrected chi connectivity index (χ1v) is 10.8. The highest BCUT2D eigenvalue weighted by atomic mass is 16.6. The van der Waals surface area contributed by atoms with E-state index in [2.05, 4.69) is 10.2 Å². The maximum Gasteiger partial charge on any atom is 0.409 e. The van der Waals surface area contributed by atoms with Crippen LogP contribution in [0.5, 0.6) is 0 Å². The highest BCUT2D eigenvalue weighted by Crippen LogP contribution is 2.33.